The van der Waals surface area contributed by atoms with Crippen LogP contribution in [-0.2, 0) is 17.9 Å². The van der Waals surface area contributed by atoms with Gasteiger partial charge in [-0.1, -0.05) is 0 Å². The fourth-order valence-corrected chi connectivity index (χ4v) is 2.25. The van der Waals surface area contributed by atoms with Crippen LogP contribution < -0.4 is 10.6 Å². The summed E-state index contributed by atoms with van der Waals surface area (Å²) in [5.41, 5.74) is 3.95. The SMILES string of the molecule is CCNC(=O)CCNCc1cc(C)n(CC)c1C. The van der Waals surface area contributed by atoms with Crippen molar-refractivity contribution in [2.24, 2.45) is 0 Å². The number of aromatic nitrogens is 1. The summed E-state index contributed by atoms with van der Waals surface area (Å²) in [7, 11) is 0. The topological polar surface area (TPSA) is 46.1 Å². The second-order valence-corrected chi connectivity index (χ2v) is 4.52. The first kappa shape index (κ1) is 14.8. The summed E-state index contributed by atoms with van der Waals surface area (Å²) in [5.74, 6) is 0.115. The number of amides is 1. The molecule has 0 fully saturated rings. The van der Waals surface area contributed by atoms with Gasteiger partial charge in [-0.05, 0) is 39.3 Å². The third kappa shape index (κ3) is 3.88. The molecule has 0 saturated carbocycles. The van der Waals surface area contributed by atoms with Gasteiger partial charge in [-0.15, -0.1) is 0 Å². The van der Waals surface area contributed by atoms with Crippen molar-refractivity contribution in [3.8, 4) is 0 Å². The van der Waals surface area contributed by atoms with Crippen molar-refractivity contribution < 1.29 is 4.79 Å². The summed E-state index contributed by atoms with van der Waals surface area (Å²) in [6, 6.07) is 2.22. The molecule has 0 atom stereocenters. The quantitative estimate of drug-likeness (QED) is 0.725. The van der Waals surface area contributed by atoms with E-state index in [0.29, 0.717) is 13.0 Å². The molecule has 0 spiro atoms. The number of hydrogen-bond acceptors (Lipinski definition) is 2. The van der Waals surface area contributed by atoms with Gasteiger partial charge in [0, 0.05) is 44.0 Å². The lowest BCUT2D eigenvalue weighted by molar-refractivity contribution is -0.120. The third-order valence-electron chi connectivity index (χ3n) is 3.21. The number of carbonyl (C=O) groups is 1. The Morgan fingerprint density at radius 2 is 2.06 bits per heavy atom. The van der Waals surface area contributed by atoms with E-state index in [1.807, 2.05) is 6.92 Å². The van der Waals surface area contributed by atoms with Gasteiger partial charge in [-0.25, -0.2) is 0 Å². The first-order valence-electron chi connectivity index (χ1n) is 6.73. The predicted octanol–water partition coefficient (Wildman–Crippen LogP) is 1.74. The number of aryl methyl sites for hydroxylation is 1. The van der Waals surface area contributed by atoms with Crippen LogP contribution in [-0.4, -0.2) is 23.6 Å². The maximum Gasteiger partial charge on any atom is 0.221 e. The zero-order valence-electron chi connectivity index (χ0n) is 12.0. The van der Waals surface area contributed by atoms with Crippen LogP contribution in [0, 0.1) is 13.8 Å². The van der Waals surface area contributed by atoms with Crippen molar-refractivity contribution in [2.75, 3.05) is 13.1 Å². The maximum absolute atomic E-state index is 11.3. The molecule has 1 rings (SSSR count). The molecule has 0 aliphatic rings. The number of nitrogens with one attached hydrogen (secondary N) is 2. The van der Waals surface area contributed by atoms with Crippen LogP contribution >= 0.6 is 0 Å². The number of nitrogens with zero attached hydrogens (tertiary/aromatic N) is 1. The van der Waals surface area contributed by atoms with Crippen molar-refractivity contribution in [1.82, 2.24) is 15.2 Å². The Morgan fingerprint density at radius 1 is 1.33 bits per heavy atom. The summed E-state index contributed by atoms with van der Waals surface area (Å²) in [6.45, 7) is 11.6. The van der Waals surface area contributed by atoms with Crippen LogP contribution in [0.3, 0.4) is 0 Å². The van der Waals surface area contributed by atoms with Crippen LogP contribution in [0.2, 0.25) is 0 Å². The van der Waals surface area contributed by atoms with E-state index in [-0.39, 0.29) is 5.91 Å². The third-order valence-corrected chi connectivity index (χ3v) is 3.21. The van der Waals surface area contributed by atoms with E-state index in [1.54, 1.807) is 0 Å². The van der Waals surface area contributed by atoms with Gasteiger partial charge in [0.2, 0.25) is 5.91 Å². The first-order chi connectivity index (χ1) is 8.60. The lowest BCUT2D eigenvalue weighted by atomic mass is 10.2. The fraction of sp³-hybridized carbons (Fsp3) is 0.643. The summed E-state index contributed by atoms with van der Waals surface area (Å²) >= 11 is 0. The monoisotopic (exact) mass is 251 g/mol. The van der Waals surface area contributed by atoms with E-state index in [0.717, 1.165) is 19.6 Å². The molecular weight excluding hydrogens is 226 g/mol. The van der Waals surface area contributed by atoms with Gasteiger partial charge in [-0.3, -0.25) is 4.79 Å². The molecule has 0 radical (unpaired) electrons. The highest BCUT2D eigenvalue weighted by Gasteiger charge is 2.07. The molecule has 18 heavy (non-hydrogen) atoms. The molecule has 4 nitrogen and oxygen atoms in total. The summed E-state index contributed by atoms with van der Waals surface area (Å²) in [6.07, 6.45) is 0.542. The predicted molar refractivity (Wildman–Crippen MR) is 74.6 cm³/mol. The molecule has 0 unspecified atom stereocenters. The second-order valence-electron chi connectivity index (χ2n) is 4.52. The minimum absolute atomic E-state index is 0.115. The smallest absolute Gasteiger partial charge is 0.221 e. The molecule has 4 heteroatoms. The lowest BCUT2D eigenvalue weighted by Gasteiger charge is -2.07. The average molecular weight is 251 g/mol. The van der Waals surface area contributed by atoms with Gasteiger partial charge < -0.3 is 15.2 Å². The molecule has 1 heterocycles. The largest absolute Gasteiger partial charge is 0.356 e. The molecule has 1 aromatic heterocycles. The standard InChI is InChI=1S/C14H25N3O/c1-5-16-14(18)7-8-15-10-13-9-11(3)17(6-2)12(13)4/h9,15H,5-8,10H2,1-4H3,(H,16,18). The minimum atomic E-state index is 0.115. The van der Waals surface area contributed by atoms with Gasteiger partial charge in [0.05, 0.1) is 0 Å². The van der Waals surface area contributed by atoms with E-state index in [1.165, 1.54) is 17.0 Å². The molecule has 0 aromatic carbocycles. The number of carbonyl (C=O) groups excluding carboxylic acids is 1. The molecule has 0 saturated heterocycles. The second kappa shape index (κ2) is 7.21. The van der Waals surface area contributed by atoms with Gasteiger partial charge in [0.15, 0.2) is 0 Å². The Morgan fingerprint density at radius 3 is 2.61 bits per heavy atom. The van der Waals surface area contributed by atoms with Gasteiger partial charge in [0.1, 0.15) is 0 Å². The van der Waals surface area contributed by atoms with Crippen LogP contribution in [0.4, 0.5) is 0 Å². The minimum Gasteiger partial charge on any atom is -0.356 e. The van der Waals surface area contributed by atoms with Crippen molar-refractivity contribution in [3.63, 3.8) is 0 Å². The normalized spacial score (nSPS) is 10.7. The number of rotatable bonds is 7. The molecule has 102 valence electrons. The van der Waals surface area contributed by atoms with Crippen LogP contribution in [0.25, 0.3) is 0 Å². The highest BCUT2D eigenvalue weighted by Crippen LogP contribution is 2.14. The number of hydrogen-bond donors (Lipinski definition) is 2. The fourth-order valence-electron chi connectivity index (χ4n) is 2.25. The molecule has 2 N–H and O–H groups in total. The van der Waals surface area contributed by atoms with Crippen LogP contribution in [0.5, 0.6) is 0 Å². The zero-order chi connectivity index (χ0) is 13.5. The van der Waals surface area contributed by atoms with E-state index < -0.39 is 0 Å². The Hall–Kier alpha value is -1.29. The Labute approximate surface area is 110 Å². The van der Waals surface area contributed by atoms with Gasteiger partial charge in [-0.2, -0.15) is 0 Å². The lowest BCUT2D eigenvalue weighted by Crippen LogP contribution is -2.27. The molecule has 0 bridgehead atoms. The summed E-state index contributed by atoms with van der Waals surface area (Å²) in [5, 5.41) is 6.12. The zero-order valence-corrected chi connectivity index (χ0v) is 12.0. The van der Waals surface area contributed by atoms with E-state index in [9.17, 15) is 4.79 Å². The van der Waals surface area contributed by atoms with Gasteiger partial charge in [0.25, 0.3) is 0 Å². The Balaban J connectivity index is 2.38. The maximum atomic E-state index is 11.3. The molecular formula is C14H25N3O. The summed E-state index contributed by atoms with van der Waals surface area (Å²) in [4.78, 5) is 11.3. The van der Waals surface area contributed by atoms with E-state index in [4.69, 9.17) is 0 Å². The average Bonchev–Trinajstić information content (AvgIpc) is 2.60. The molecule has 1 aromatic rings. The van der Waals surface area contributed by atoms with Crippen molar-refractivity contribution in [1.29, 1.82) is 0 Å². The highest BCUT2D eigenvalue weighted by atomic mass is 16.1. The highest BCUT2D eigenvalue weighted by molar-refractivity contribution is 5.75. The van der Waals surface area contributed by atoms with Crippen LogP contribution in [0.15, 0.2) is 6.07 Å². The molecule has 0 aliphatic heterocycles. The van der Waals surface area contributed by atoms with E-state index >= 15 is 0 Å². The summed E-state index contributed by atoms with van der Waals surface area (Å²) < 4.78 is 2.31. The van der Waals surface area contributed by atoms with Crippen molar-refractivity contribution in [3.05, 3.63) is 23.0 Å². The Bertz CT molecular complexity index is 396. The van der Waals surface area contributed by atoms with E-state index in [2.05, 4.69) is 42.0 Å². The van der Waals surface area contributed by atoms with Crippen molar-refractivity contribution >= 4 is 5.91 Å². The van der Waals surface area contributed by atoms with Gasteiger partial charge >= 0.3 is 0 Å². The molecule has 1 amide bonds. The first-order valence-corrected chi connectivity index (χ1v) is 6.73. The van der Waals surface area contributed by atoms with Crippen molar-refractivity contribution in [2.45, 2.75) is 47.2 Å². The molecule has 0 aliphatic carbocycles. The Kier molecular flexibility index (Phi) is 5.92. The van der Waals surface area contributed by atoms with Crippen LogP contribution in [0.1, 0.15) is 37.2 Å².